The van der Waals surface area contributed by atoms with Gasteiger partial charge in [0.05, 0.1) is 40.0 Å². The van der Waals surface area contributed by atoms with Crippen LogP contribution >= 0.6 is 11.6 Å². The Bertz CT molecular complexity index is 4050. The molecule has 0 atom stereocenters. The Hall–Kier alpha value is -6.79. The highest BCUT2D eigenvalue weighted by molar-refractivity contribution is 8.28. The molecule has 12 rings (SSSR count). The van der Waals surface area contributed by atoms with Crippen molar-refractivity contribution in [3.63, 3.8) is 0 Å². The molecule has 0 amide bonds. The first kappa shape index (κ1) is 21.3. The molecule has 59 heavy (non-hydrogen) atoms. The number of hydrogen-bond acceptors (Lipinski definition) is 2. The van der Waals surface area contributed by atoms with Gasteiger partial charge in [0.15, 0.2) is 8.07 Å². The number of nitrogens with zero attached hydrogens (tertiary/aromatic N) is 1. The van der Waals surface area contributed by atoms with Crippen LogP contribution in [0.25, 0.3) is 49.7 Å². The summed E-state index contributed by atoms with van der Waals surface area (Å²) in [5.41, 5.74) is -1.19. The van der Waals surface area contributed by atoms with Crippen LogP contribution in [0, 0.1) is 0 Å². The van der Waals surface area contributed by atoms with Crippen LogP contribution in [0.15, 0.2) is 223 Å². The van der Waals surface area contributed by atoms with Crippen LogP contribution in [0.5, 0.6) is 11.5 Å². The first-order valence-corrected chi connectivity index (χ1v) is 21.8. The minimum atomic E-state index is -3.40. The van der Waals surface area contributed by atoms with E-state index >= 15 is 0 Å². The molecular weight excluding hydrogens is 750 g/mol. The SMILES string of the molecule is [2H]c1c([2H])c([2H])c2c(c1[2H])SB1c3c([2H])c([2H])c(-c4ccccc4[Si](c4ccccc4)(c4ccccc4)c4ccccc4)c([2H])c3Oc3c([2H])c(-n4c5c([2H])c([2H])c([2H])c([2H])c5c5c([2H])c([2H])c([2H])c([2H])c54)c([2H])c-2c31. The number of benzene rings is 9. The van der Waals surface area contributed by atoms with Gasteiger partial charge < -0.3 is 9.30 Å². The molecule has 0 aliphatic carbocycles. The minimum Gasteiger partial charge on any atom is -0.458 e. The molecule has 3 heterocycles. The zero-order valence-corrected chi connectivity index (χ0v) is 32.6. The van der Waals surface area contributed by atoms with Crippen molar-refractivity contribution in [1.82, 2.24) is 4.57 Å². The smallest absolute Gasteiger partial charge is 0.289 e. The van der Waals surface area contributed by atoms with Crippen molar-refractivity contribution in [2.45, 2.75) is 4.90 Å². The van der Waals surface area contributed by atoms with Crippen LogP contribution in [0.4, 0.5) is 0 Å². The molecule has 0 N–H and O–H groups in total. The molecule has 2 nitrogen and oxygen atoms in total. The van der Waals surface area contributed by atoms with Crippen molar-refractivity contribution in [3.8, 4) is 39.4 Å². The largest absolute Gasteiger partial charge is 0.458 e. The highest BCUT2D eigenvalue weighted by atomic mass is 32.2. The van der Waals surface area contributed by atoms with Crippen molar-refractivity contribution in [2.75, 3.05) is 0 Å². The third kappa shape index (κ3) is 5.22. The maximum Gasteiger partial charge on any atom is 0.289 e. The van der Waals surface area contributed by atoms with Gasteiger partial charge in [-0.3, -0.25) is 0 Å². The molecule has 0 radical (unpaired) electrons. The third-order valence-electron chi connectivity index (χ3n) is 11.1. The molecule has 0 saturated heterocycles. The molecule has 0 saturated carbocycles. The topological polar surface area (TPSA) is 14.2 Å². The van der Waals surface area contributed by atoms with Crippen LogP contribution in [-0.2, 0) is 0 Å². The average molecular weight is 803 g/mol. The van der Waals surface area contributed by atoms with Crippen LogP contribution < -0.4 is 36.4 Å². The van der Waals surface area contributed by atoms with Crippen molar-refractivity contribution in [2.24, 2.45) is 0 Å². The molecule has 276 valence electrons. The number of aromatic nitrogens is 1. The quantitative estimate of drug-likeness (QED) is 0.123. The number of rotatable bonds is 6. The summed E-state index contributed by atoms with van der Waals surface area (Å²) >= 11 is 0.901. The van der Waals surface area contributed by atoms with E-state index in [1.54, 1.807) is 6.07 Å². The summed E-state index contributed by atoms with van der Waals surface area (Å²) in [6.07, 6.45) is 0. The second-order valence-corrected chi connectivity index (χ2v) is 19.1. The standard InChI is InChI=1S/C54H36BNOSSi/c1-4-18-39(19-5-1)59(40-20-6-2-7-21-40,41-22-8-3-9-23-41)53-31-17-13-24-42(53)37-32-33-47-50(34-37)57-51-36-38(35-46-45-27-12-16-30-52(45)58-55(47)54(46)51)56-48-28-14-10-25-43(48)44-26-11-15-29-49(44)56/h1-36H/i10D,11D,12D,14D,15D,16D,25D,26D,27D,28D,29D,30D,32D,33D,34D,35D,36D. The number of fused-ring (bicyclic) bond motifs is 7. The zero-order chi connectivity index (χ0) is 53.7. The fourth-order valence-electron chi connectivity index (χ4n) is 8.69. The van der Waals surface area contributed by atoms with E-state index in [4.69, 9.17) is 15.7 Å². The first-order valence-electron chi connectivity index (χ1n) is 27.4. The summed E-state index contributed by atoms with van der Waals surface area (Å²) in [7, 11) is -3.40. The van der Waals surface area contributed by atoms with Gasteiger partial charge in [-0.15, -0.1) is 0 Å². The monoisotopic (exact) mass is 802 g/mol. The fourth-order valence-corrected chi connectivity index (χ4v) is 14.9. The summed E-state index contributed by atoms with van der Waals surface area (Å²) in [6, 6.07) is 27.3. The summed E-state index contributed by atoms with van der Waals surface area (Å²) in [4.78, 5) is -0.0539. The van der Waals surface area contributed by atoms with E-state index in [1.807, 2.05) is 72.8 Å². The van der Waals surface area contributed by atoms with Gasteiger partial charge in [0.1, 0.15) is 11.5 Å². The normalized spacial score (nSPS) is 16.8. The molecule has 0 spiro atoms. The highest BCUT2D eigenvalue weighted by Gasteiger charge is 2.43. The van der Waals surface area contributed by atoms with Gasteiger partial charge in [-0.05, 0) is 84.1 Å². The van der Waals surface area contributed by atoms with Crippen LogP contribution in [0.3, 0.4) is 0 Å². The molecule has 2 aliphatic heterocycles. The van der Waals surface area contributed by atoms with E-state index in [2.05, 4.69) is 36.4 Å². The Labute approximate surface area is 373 Å². The Kier molecular flexibility index (Phi) is 4.93. The van der Waals surface area contributed by atoms with Crippen molar-refractivity contribution < 1.29 is 28.0 Å². The fraction of sp³-hybridized carbons (Fsp3) is 0. The molecule has 2 aliphatic rings. The maximum atomic E-state index is 10.3. The minimum absolute atomic E-state index is 0.0162. The van der Waals surface area contributed by atoms with Crippen LogP contribution in [0.1, 0.15) is 23.3 Å². The number of ether oxygens (including phenoxy) is 1. The van der Waals surface area contributed by atoms with E-state index in [0.717, 1.165) is 36.9 Å². The van der Waals surface area contributed by atoms with Crippen LogP contribution in [-0.4, -0.2) is 18.6 Å². The summed E-state index contributed by atoms with van der Waals surface area (Å²) in [6.45, 7) is 0. The lowest BCUT2D eigenvalue weighted by molar-refractivity contribution is 0.488. The van der Waals surface area contributed by atoms with E-state index in [0.29, 0.717) is 5.56 Å². The number of hydrogen-bond donors (Lipinski definition) is 0. The molecule has 0 fully saturated rings. The molecule has 10 aromatic rings. The van der Waals surface area contributed by atoms with Gasteiger partial charge in [0, 0.05) is 21.7 Å². The van der Waals surface area contributed by atoms with Crippen molar-refractivity contribution >= 4 is 79.2 Å². The molecule has 0 unspecified atom stereocenters. The molecular formula is C54H36BNOSSi. The Morgan fingerprint density at radius 1 is 0.508 bits per heavy atom. The Morgan fingerprint density at radius 2 is 1.08 bits per heavy atom. The third-order valence-corrected chi connectivity index (χ3v) is 17.2. The Morgan fingerprint density at radius 3 is 1.75 bits per heavy atom. The molecule has 1 aromatic heterocycles. The Balaban J connectivity index is 1.21. The highest BCUT2D eigenvalue weighted by Crippen LogP contribution is 2.45. The van der Waals surface area contributed by atoms with Crippen LogP contribution in [0.2, 0.25) is 0 Å². The number of para-hydroxylation sites is 2. The van der Waals surface area contributed by atoms with Gasteiger partial charge in [-0.25, -0.2) is 0 Å². The molecule has 9 aromatic carbocycles. The average Bonchev–Trinajstić information content (AvgIpc) is 4.00. The zero-order valence-electron chi connectivity index (χ0n) is 47.8. The summed E-state index contributed by atoms with van der Waals surface area (Å²) in [5, 5.41) is 3.15. The second-order valence-electron chi connectivity index (χ2n) is 14.2. The first-order chi connectivity index (χ1) is 36.4. The van der Waals surface area contributed by atoms with Crippen molar-refractivity contribution in [1.29, 1.82) is 0 Å². The van der Waals surface area contributed by atoms with E-state index in [-0.39, 0.29) is 72.9 Å². The van der Waals surface area contributed by atoms with Gasteiger partial charge in [-0.1, -0.05) is 182 Å². The van der Waals surface area contributed by atoms with Gasteiger partial charge in [-0.2, -0.15) is 11.6 Å². The molecule has 5 heteroatoms. The molecule has 0 bridgehead atoms. The predicted molar refractivity (Wildman–Crippen MR) is 253 cm³/mol. The lowest BCUT2D eigenvalue weighted by Crippen LogP contribution is -2.75. The van der Waals surface area contributed by atoms with E-state index < -0.39 is 115 Å². The summed E-state index contributed by atoms with van der Waals surface area (Å²) < 4.78 is 166. The lowest BCUT2D eigenvalue weighted by Gasteiger charge is -2.36. The maximum absolute atomic E-state index is 10.3. The second kappa shape index (κ2) is 13.7. The predicted octanol–water partition coefficient (Wildman–Crippen LogP) is 9.81. The van der Waals surface area contributed by atoms with Crippen molar-refractivity contribution in [3.05, 3.63) is 218 Å². The lowest BCUT2D eigenvalue weighted by atomic mass is 9.57. The van der Waals surface area contributed by atoms with E-state index in [9.17, 15) is 12.3 Å². The van der Waals surface area contributed by atoms with E-state index in [1.165, 1.54) is 0 Å². The van der Waals surface area contributed by atoms with Gasteiger partial charge >= 0.3 is 0 Å². The van der Waals surface area contributed by atoms with Gasteiger partial charge in [0.2, 0.25) is 0 Å². The summed E-state index contributed by atoms with van der Waals surface area (Å²) in [5.74, 6) is -1.82. The van der Waals surface area contributed by atoms with Gasteiger partial charge in [0.25, 0.3) is 5.99 Å².